The predicted octanol–water partition coefficient (Wildman–Crippen LogP) is 1.15. The molecule has 22 heavy (non-hydrogen) atoms. The number of nitrogens with zero attached hydrogens (tertiary/aromatic N) is 5. The normalized spacial score (nSPS) is 26.4. The van der Waals surface area contributed by atoms with Crippen molar-refractivity contribution in [3.8, 4) is 0 Å². The van der Waals surface area contributed by atoms with Crippen LogP contribution in [0.2, 0.25) is 0 Å². The molecule has 1 aromatic heterocycles. The Balaban J connectivity index is 1.51. The number of rotatable bonds is 6. The van der Waals surface area contributed by atoms with Crippen LogP contribution in [0.25, 0.3) is 0 Å². The van der Waals surface area contributed by atoms with Gasteiger partial charge < -0.3 is 14.2 Å². The summed E-state index contributed by atoms with van der Waals surface area (Å²) in [6, 6.07) is 0.629. The highest BCUT2D eigenvalue weighted by Gasteiger charge is 2.29. The van der Waals surface area contributed by atoms with Crippen LogP contribution in [-0.2, 0) is 17.8 Å². The van der Waals surface area contributed by atoms with E-state index in [0.717, 1.165) is 43.9 Å². The smallest absolute Gasteiger partial charge is 0.147 e. The summed E-state index contributed by atoms with van der Waals surface area (Å²) in [6.07, 6.45) is 2.49. The fourth-order valence-corrected chi connectivity index (χ4v) is 3.74. The Kier molecular flexibility index (Phi) is 5.10. The van der Waals surface area contributed by atoms with Crippen molar-refractivity contribution in [2.24, 2.45) is 5.92 Å². The maximum atomic E-state index is 5.49. The molecule has 0 aromatic carbocycles. The molecule has 6 nitrogen and oxygen atoms in total. The van der Waals surface area contributed by atoms with Gasteiger partial charge in [-0.05, 0) is 46.2 Å². The summed E-state index contributed by atoms with van der Waals surface area (Å²) in [7, 11) is 2.22. The molecule has 0 aliphatic carbocycles. The molecule has 2 aliphatic rings. The first kappa shape index (κ1) is 15.9. The third-order valence-electron chi connectivity index (χ3n) is 5.13. The van der Waals surface area contributed by atoms with E-state index in [1.807, 2.05) is 6.92 Å². The Morgan fingerprint density at radius 3 is 2.91 bits per heavy atom. The Hall–Kier alpha value is -0.980. The fraction of sp³-hybridized carbons (Fsp3) is 0.875. The zero-order valence-corrected chi connectivity index (χ0v) is 14.2. The van der Waals surface area contributed by atoms with Crippen molar-refractivity contribution in [3.05, 3.63) is 11.6 Å². The molecule has 0 N–H and O–H groups in total. The van der Waals surface area contributed by atoms with Crippen LogP contribution in [-0.4, -0.2) is 70.5 Å². The Morgan fingerprint density at radius 2 is 2.18 bits per heavy atom. The minimum atomic E-state index is 0.629. The van der Waals surface area contributed by atoms with Crippen LogP contribution in [0.1, 0.15) is 31.4 Å². The van der Waals surface area contributed by atoms with Crippen LogP contribution in [0.3, 0.4) is 0 Å². The Morgan fingerprint density at radius 1 is 1.32 bits per heavy atom. The number of aryl methyl sites for hydroxylation is 1. The molecule has 124 valence electrons. The molecule has 2 aliphatic heterocycles. The molecule has 0 bridgehead atoms. The van der Waals surface area contributed by atoms with Crippen molar-refractivity contribution in [1.82, 2.24) is 24.6 Å². The molecule has 2 saturated heterocycles. The maximum absolute atomic E-state index is 5.49. The second-order valence-corrected chi connectivity index (χ2v) is 6.75. The number of ether oxygens (including phenoxy) is 1. The molecular formula is C16H29N5O. The van der Waals surface area contributed by atoms with Crippen molar-refractivity contribution in [2.45, 2.75) is 45.8 Å². The summed E-state index contributed by atoms with van der Waals surface area (Å²) < 4.78 is 7.70. The fourth-order valence-electron chi connectivity index (χ4n) is 3.74. The number of hydrogen-bond donors (Lipinski definition) is 0. The predicted molar refractivity (Wildman–Crippen MR) is 85.7 cm³/mol. The van der Waals surface area contributed by atoms with E-state index in [2.05, 4.69) is 38.5 Å². The Bertz CT molecular complexity index is 483. The molecule has 0 radical (unpaired) electrons. The van der Waals surface area contributed by atoms with Gasteiger partial charge in [0.05, 0.1) is 13.2 Å². The SMILES string of the molecule is CCn1c(C)nnc1CN(C)[C@H]1CCN(C[C@@H]2CCOC2)C1. The number of hydrogen-bond acceptors (Lipinski definition) is 5. The summed E-state index contributed by atoms with van der Waals surface area (Å²) in [6.45, 7) is 11.5. The lowest BCUT2D eigenvalue weighted by Crippen LogP contribution is -2.36. The van der Waals surface area contributed by atoms with Crippen molar-refractivity contribution in [1.29, 1.82) is 0 Å². The summed E-state index contributed by atoms with van der Waals surface area (Å²) >= 11 is 0. The second-order valence-electron chi connectivity index (χ2n) is 6.75. The highest BCUT2D eigenvalue weighted by molar-refractivity contribution is 4.95. The highest BCUT2D eigenvalue weighted by atomic mass is 16.5. The summed E-state index contributed by atoms with van der Waals surface area (Å²) in [4.78, 5) is 5.05. The molecule has 2 fully saturated rings. The highest BCUT2D eigenvalue weighted by Crippen LogP contribution is 2.20. The standard InChI is InChI=1S/C16H29N5O/c1-4-21-13(2)17-18-16(21)11-19(3)15-5-7-20(10-15)9-14-6-8-22-12-14/h14-15H,4-12H2,1-3H3/t14-,15-/m0/s1. The summed E-state index contributed by atoms with van der Waals surface area (Å²) in [5, 5.41) is 8.55. The average Bonchev–Trinajstić information content (AvgIpc) is 3.22. The molecule has 3 rings (SSSR count). The van der Waals surface area contributed by atoms with E-state index in [0.29, 0.717) is 6.04 Å². The first-order chi connectivity index (χ1) is 10.7. The van der Waals surface area contributed by atoms with Gasteiger partial charge in [0.1, 0.15) is 11.6 Å². The largest absolute Gasteiger partial charge is 0.381 e. The van der Waals surface area contributed by atoms with Crippen LogP contribution in [0.15, 0.2) is 0 Å². The van der Waals surface area contributed by atoms with E-state index in [1.165, 1.54) is 32.5 Å². The molecule has 2 atom stereocenters. The second kappa shape index (κ2) is 7.06. The molecule has 0 amide bonds. The molecular weight excluding hydrogens is 278 g/mol. The maximum Gasteiger partial charge on any atom is 0.147 e. The Labute approximate surface area is 133 Å². The third kappa shape index (κ3) is 3.50. The number of aromatic nitrogens is 3. The molecule has 6 heteroatoms. The monoisotopic (exact) mass is 307 g/mol. The molecule has 0 saturated carbocycles. The van der Waals surface area contributed by atoms with E-state index in [1.54, 1.807) is 0 Å². The van der Waals surface area contributed by atoms with Gasteiger partial charge in [-0.1, -0.05) is 0 Å². The van der Waals surface area contributed by atoms with Crippen molar-refractivity contribution in [3.63, 3.8) is 0 Å². The van der Waals surface area contributed by atoms with Crippen molar-refractivity contribution < 1.29 is 4.74 Å². The van der Waals surface area contributed by atoms with Crippen LogP contribution >= 0.6 is 0 Å². The van der Waals surface area contributed by atoms with E-state index in [9.17, 15) is 0 Å². The molecule has 3 heterocycles. The topological polar surface area (TPSA) is 46.4 Å². The van der Waals surface area contributed by atoms with Gasteiger partial charge in [-0.2, -0.15) is 0 Å². The number of likely N-dealkylation sites (N-methyl/N-ethyl adjacent to an activating group) is 1. The van der Waals surface area contributed by atoms with E-state index < -0.39 is 0 Å². The van der Waals surface area contributed by atoms with E-state index >= 15 is 0 Å². The van der Waals surface area contributed by atoms with Crippen molar-refractivity contribution in [2.75, 3.05) is 39.9 Å². The lowest BCUT2D eigenvalue weighted by Gasteiger charge is -2.25. The van der Waals surface area contributed by atoms with Gasteiger partial charge in [-0.3, -0.25) is 4.90 Å². The molecule has 0 spiro atoms. The average molecular weight is 307 g/mol. The quantitative estimate of drug-likeness (QED) is 0.789. The first-order valence-corrected chi connectivity index (χ1v) is 8.56. The van der Waals surface area contributed by atoms with Gasteiger partial charge in [-0.25, -0.2) is 0 Å². The van der Waals surface area contributed by atoms with Crippen LogP contribution in [0.5, 0.6) is 0 Å². The first-order valence-electron chi connectivity index (χ1n) is 8.56. The van der Waals surface area contributed by atoms with E-state index in [4.69, 9.17) is 4.74 Å². The van der Waals surface area contributed by atoms with E-state index in [-0.39, 0.29) is 0 Å². The van der Waals surface area contributed by atoms with Crippen molar-refractivity contribution >= 4 is 0 Å². The lowest BCUT2D eigenvalue weighted by atomic mass is 10.1. The van der Waals surface area contributed by atoms with Crippen LogP contribution < -0.4 is 0 Å². The van der Waals surface area contributed by atoms with Gasteiger partial charge >= 0.3 is 0 Å². The van der Waals surface area contributed by atoms with Crippen LogP contribution in [0.4, 0.5) is 0 Å². The summed E-state index contributed by atoms with van der Waals surface area (Å²) in [5.74, 6) is 2.85. The van der Waals surface area contributed by atoms with Crippen LogP contribution in [0, 0.1) is 12.8 Å². The van der Waals surface area contributed by atoms with Gasteiger partial charge in [-0.15, -0.1) is 10.2 Å². The zero-order chi connectivity index (χ0) is 15.5. The van der Waals surface area contributed by atoms with Gasteiger partial charge in [0, 0.05) is 32.3 Å². The number of likely N-dealkylation sites (tertiary alicyclic amines) is 1. The minimum Gasteiger partial charge on any atom is -0.381 e. The molecule has 1 aromatic rings. The lowest BCUT2D eigenvalue weighted by molar-refractivity contribution is 0.168. The van der Waals surface area contributed by atoms with Gasteiger partial charge in [0.25, 0.3) is 0 Å². The summed E-state index contributed by atoms with van der Waals surface area (Å²) in [5.41, 5.74) is 0. The zero-order valence-electron chi connectivity index (χ0n) is 14.2. The van der Waals surface area contributed by atoms with Gasteiger partial charge in [0.2, 0.25) is 0 Å². The third-order valence-corrected chi connectivity index (χ3v) is 5.13. The minimum absolute atomic E-state index is 0.629. The molecule has 0 unspecified atom stereocenters. The van der Waals surface area contributed by atoms with Gasteiger partial charge in [0.15, 0.2) is 0 Å².